The van der Waals surface area contributed by atoms with E-state index in [9.17, 15) is 13.2 Å². The number of rotatable bonds is 9. The first-order chi connectivity index (χ1) is 14.9. The van der Waals surface area contributed by atoms with Crippen molar-refractivity contribution in [3.05, 3.63) is 54.1 Å². The van der Waals surface area contributed by atoms with Gasteiger partial charge in [0.25, 0.3) is 0 Å². The van der Waals surface area contributed by atoms with Gasteiger partial charge in [-0.1, -0.05) is 12.1 Å². The molecule has 1 fully saturated rings. The van der Waals surface area contributed by atoms with E-state index in [2.05, 4.69) is 5.32 Å². The predicted molar refractivity (Wildman–Crippen MR) is 116 cm³/mol. The van der Waals surface area contributed by atoms with E-state index >= 15 is 0 Å². The fraction of sp³-hybridized carbons (Fsp3) is 0.409. The van der Waals surface area contributed by atoms with E-state index < -0.39 is 10.1 Å². The number of carbonyl (C=O) groups is 1. The quantitative estimate of drug-likeness (QED) is 0.592. The van der Waals surface area contributed by atoms with Crippen molar-refractivity contribution in [2.45, 2.75) is 37.3 Å². The molecule has 31 heavy (non-hydrogen) atoms. The van der Waals surface area contributed by atoms with Crippen LogP contribution in [0.5, 0.6) is 11.5 Å². The van der Waals surface area contributed by atoms with Crippen molar-refractivity contribution < 1.29 is 26.9 Å². The largest absolute Gasteiger partial charge is 0.497 e. The van der Waals surface area contributed by atoms with Crippen LogP contribution in [0, 0.1) is 0 Å². The summed E-state index contributed by atoms with van der Waals surface area (Å²) >= 11 is 0. The maximum Gasteiger partial charge on any atom is 0.339 e. The fourth-order valence-corrected chi connectivity index (χ4v) is 4.27. The lowest BCUT2D eigenvalue weighted by molar-refractivity contribution is 0.0796. The van der Waals surface area contributed by atoms with Crippen molar-refractivity contribution in [1.29, 1.82) is 0 Å². The molecular formula is C22H28N2O6S. The van der Waals surface area contributed by atoms with Crippen LogP contribution in [0.25, 0.3) is 0 Å². The van der Waals surface area contributed by atoms with Crippen LogP contribution in [-0.4, -0.2) is 52.3 Å². The molecule has 0 spiro atoms. The second kappa shape index (κ2) is 10.5. The number of amides is 2. The Bertz CT molecular complexity index is 972. The summed E-state index contributed by atoms with van der Waals surface area (Å²) in [6.07, 6.45) is 1.91. The first kappa shape index (κ1) is 22.9. The number of nitrogens with zero attached hydrogens (tertiary/aromatic N) is 1. The Kier molecular flexibility index (Phi) is 7.75. The Labute approximate surface area is 183 Å². The molecule has 0 aliphatic carbocycles. The molecule has 1 heterocycles. The maximum absolute atomic E-state index is 12.6. The van der Waals surface area contributed by atoms with Crippen LogP contribution in [0.1, 0.15) is 25.3 Å². The Morgan fingerprint density at radius 1 is 1.19 bits per heavy atom. The van der Waals surface area contributed by atoms with Gasteiger partial charge in [-0.3, -0.25) is 0 Å². The van der Waals surface area contributed by atoms with Crippen LogP contribution in [0.3, 0.4) is 0 Å². The molecule has 1 N–H and O–H groups in total. The predicted octanol–water partition coefficient (Wildman–Crippen LogP) is 3.17. The number of nitrogens with one attached hydrogen (secondary N) is 1. The van der Waals surface area contributed by atoms with Gasteiger partial charge in [-0.15, -0.1) is 0 Å². The number of methoxy groups -OCH3 is 1. The van der Waals surface area contributed by atoms with Gasteiger partial charge in [0, 0.05) is 26.2 Å². The molecular weight excluding hydrogens is 420 g/mol. The Hall–Kier alpha value is -2.78. The van der Waals surface area contributed by atoms with Gasteiger partial charge in [0.2, 0.25) is 0 Å². The molecule has 0 bridgehead atoms. The fourth-order valence-electron chi connectivity index (χ4n) is 3.35. The molecule has 0 radical (unpaired) electrons. The van der Waals surface area contributed by atoms with Crippen LogP contribution < -0.4 is 14.2 Å². The summed E-state index contributed by atoms with van der Waals surface area (Å²) in [4.78, 5) is 14.2. The van der Waals surface area contributed by atoms with Crippen molar-refractivity contribution in [3.63, 3.8) is 0 Å². The van der Waals surface area contributed by atoms with Gasteiger partial charge in [0.1, 0.15) is 16.4 Å². The summed E-state index contributed by atoms with van der Waals surface area (Å²) < 4.78 is 41.2. The number of benzene rings is 2. The Morgan fingerprint density at radius 2 is 1.97 bits per heavy atom. The zero-order valence-corrected chi connectivity index (χ0v) is 18.6. The number of carbonyl (C=O) groups excluding carboxylic acids is 1. The lowest BCUT2D eigenvalue weighted by atomic mass is 10.2. The molecule has 2 aromatic carbocycles. The molecule has 2 amide bonds. The zero-order valence-electron chi connectivity index (χ0n) is 17.7. The summed E-state index contributed by atoms with van der Waals surface area (Å²) in [6.45, 7) is 3.87. The third kappa shape index (κ3) is 6.35. The molecule has 0 aromatic heterocycles. The van der Waals surface area contributed by atoms with E-state index in [4.69, 9.17) is 13.7 Å². The van der Waals surface area contributed by atoms with Crippen LogP contribution in [0.2, 0.25) is 0 Å². The van der Waals surface area contributed by atoms with Gasteiger partial charge in [-0.05, 0) is 61.7 Å². The minimum absolute atomic E-state index is 0.0116. The van der Waals surface area contributed by atoms with Gasteiger partial charge in [0.05, 0.1) is 13.2 Å². The molecule has 168 valence electrons. The third-order valence-corrected chi connectivity index (χ3v) is 6.15. The first-order valence-corrected chi connectivity index (χ1v) is 11.6. The van der Waals surface area contributed by atoms with E-state index in [-0.39, 0.29) is 22.8 Å². The number of urea groups is 1. The average molecular weight is 449 g/mol. The standard InChI is InChI=1S/C22H28N2O6S/c1-3-23-22(25)24(16-20-8-5-13-29-20)15-17-6-4-7-19(14-17)30-31(26,27)21-11-9-18(28-2)10-12-21/h4,6-7,9-12,14,20H,3,5,8,13,15-16H2,1-2H3,(H,23,25). The summed E-state index contributed by atoms with van der Waals surface area (Å²) in [5.41, 5.74) is 0.756. The minimum Gasteiger partial charge on any atom is -0.497 e. The highest BCUT2D eigenvalue weighted by Crippen LogP contribution is 2.23. The summed E-state index contributed by atoms with van der Waals surface area (Å²) in [5.74, 6) is 0.735. The highest BCUT2D eigenvalue weighted by Gasteiger charge is 2.23. The molecule has 2 aromatic rings. The second-order valence-electron chi connectivity index (χ2n) is 7.21. The van der Waals surface area contributed by atoms with Crippen molar-refractivity contribution in [1.82, 2.24) is 10.2 Å². The van der Waals surface area contributed by atoms with Crippen LogP contribution >= 0.6 is 0 Å². The van der Waals surface area contributed by atoms with Gasteiger partial charge in [0.15, 0.2) is 0 Å². The second-order valence-corrected chi connectivity index (χ2v) is 8.76. The van der Waals surface area contributed by atoms with Crippen LogP contribution in [-0.2, 0) is 21.4 Å². The molecule has 3 rings (SSSR count). The lowest BCUT2D eigenvalue weighted by Gasteiger charge is -2.25. The van der Waals surface area contributed by atoms with Crippen LogP contribution in [0.4, 0.5) is 4.79 Å². The highest BCUT2D eigenvalue weighted by molar-refractivity contribution is 7.87. The summed E-state index contributed by atoms with van der Waals surface area (Å²) in [6, 6.07) is 12.5. The highest BCUT2D eigenvalue weighted by atomic mass is 32.2. The van der Waals surface area contributed by atoms with E-state index in [1.165, 1.54) is 19.2 Å². The molecule has 1 saturated heterocycles. The number of hydrogen-bond donors (Lipinski definition) is 1. The normalized spacial score (nSPS) is 16.0. The monoisotopic (exact) mass is 448 g/mol. The molecule has 1 aliphatic rings. The molecule has 1 unspecified atom stereocenters. The van der Waals surface area contributed by atoms with Crippen LogP contribution in [0.15, 0.2) is 53.4 Å². The van der Waals surface area contributed by atoms with Crippen molar-refractivity contribution in [2.75, 3.05) is 26.8 Å². The number of hydrogen-bond acceptors (Lipinski definition) is 6. The summed E-state index contributed by atoms with van der Waals surface area (Å²) in [7, 11) is -2.49. The Balaban J connectivity index is 1.73. The minimum atomic E-state index is -4.00. The average Bonchev–Trinajstić information content (AvgIpc) is 3.27. The van der Waals surface area contributed by atoms with Crippen molar-refractivity contribution >= 4 is 16.1 Å². The maximum atomic E-state index is 12.6. The third-order valence-electron chi connectivity index (χ3n) is 4.89. The SMILES string of the molecule is CCNC(=O)N(Cc1cccc(OS(=O)(=O)c2ccc(OC)cc2)c1)CC1CCCO1. The Morgan fingerprint density at radius 3 is 2.61 bits per heavy atom. The first-order valence-electron chi connectivity index (χ1n) is 10.2. The van der Waals surface area contributed by atoms with E-state index in [1.807, 2.05) is 13.0 Å². The lowest BCUT2D eigenvalue weighted by Crippen LogP contribution is -2.43. The van der Waals surface area contributed by atoms with Gasteiger partial charge < -0.3 is 23.9 Å². The van der Waals surface area contributed by atoms with E-state index in [0.29, 0.717) is 32.0 Å². The van der Waals surface area contributed by atoms with Crippen molar-refractivity contribution in [3.8, 4) is 11.5 Å². The molecule has 0 saturated carbocycles. The molecule has 8 nitrogen and oxygen atoms in total. The topological polar surface area (TPSA) is 94.2 Å². The zero-order chi connectivity index (χ0) is 22.3. The molecule has 9 heteroatoms. The van der Waals surface area contributed by atoms with Crippen molar-refractivity contribution in [2.24, 2.45) is 0 Å². The number of ether oxygens (including phenoxy) is 2. The van der Waals surface area contributed by atoms with Gasteiger partial charge >= 0.3 is 16.1 Å². The van der Waals surface area contributed by atoms with E-state index in [0.717, 1.165) is 18.4 Å². The smallest absolute Gasteiger partial charge is 0.339 e. The molecule has 1 atom stereocenters. The van der Waals surface area contributed by atoms with Gasteiger partial charge in [-0.2, -0.15) is 8.42 Å². The summed E-state index contributed by atoms with van der Waals surface area (Å²) in [5, 5.41) is 2.82. The van der Waals surface area contributed by atoms with E-state index in [1.54, 1.807) is 35.2 Å². The molecule has 1 aliphatic heterocycles. The van der Waals surface area contributed by atoms with Gasteiger partial charge in [-0.25, -0.2) is 4.79 Å².